The van der Waals surface area contributed by atoms with Crippen molar-refractivity contribution in [2.45, 2.75) is 38.8 Å². The lowest BCUT2D eigenvalue weighted by molar-refractivity contribution is -0.133. The number of carbonyl (C=O) groups is 3. The number of hydrogen-bond donors (Lipinski definition) is 2. The average Bonchev–Trinajstić information content (AvgIpc) is 2.70. The van der Waals surface area contributed by atoms with Gasteiger partial charge < -0.3 is 10.6 Å². The minimum atomic E-state index is -1.09. The van der Waals surface area contributed by atoms with Crippen molar-refractivity contribution in [3.63, 3.8) is 0 Å². The Morgan fingerprint density at radius 3 is 2.40 bits per heavy atom. The van der Waals surface area contributed by atoms with Crippen LogP contribution in [0.4, 0.5) is 4.79 Å². The highest BCUT2D eigenvalue weighted by Crippen LogP contribution is 2.28. The van der Waals surface area contributed by atoms with Crippen LogP contribution >= 0.6 is 0 Å². The first-order chi connectivity index (χ1) is 11.5. The Balaban J connectivity index is 2.04. The number of imide groups is 1. The molecule has 1 aliphatic rings. The van der Waals surface area contributed by atoms with E-state index in [1.54, 1.807) is 18.9 Å². The molecule has 25 heavy (non-hydrogen) atoms. The quantitative estimate of drug-likeness (QED) is 0.787. The van der Waals surface area contributed by atoms with Crippen molar-refractivity contribution in [1.29, 1.82) is 0 Å². The molecule has 1 atom stereocenters. The summed E-state index contributed by atoms with van der Waals surface area (Å²) in [6.07, 6.45) is 0. The van der Waals surface area contributed by atoms with Crippen molar-refractivity contribution in [2.75, 3.05) is 20.3 Å². The Labute approximate surface area is 148 Å². The summed E-state index contributed by atoms with van der Waals surface area (Å²) in [6.45, 7) is 7.52. The summed E-state index contributed by atoms with van der Waals surface area (Å²) in [4.78, 5) is 39.9. The molecular formula is C18H26N4O3. The van der Waals surface area contributed by atoms with Crippen molar-refractivity contribution in [2.24, 2.45) is 0 Å². The summed E-state index contributed by atoms with van der Waals surface area (Å²) in [5, 5.41) is 5.61. The molecule has 0 radical (unpaired) electrons. The molecule has 0 saturated carbocycles. The number of amides is 4. The van der Waals surface area contributed by atoms with Crippen molar-refractivity contribution in [1.82, 2.24) is 20.4 Å². The number of hydrogen-bond acceptors (Lipinski definition) is 4. The molecule has 1 heterocycles. The van der Waals surface area contributed by atoms with Gasteiger partial charge in [-0.15, -0.1) is 0 Å². The Kier molecular flexibility index (Phi) is 5.17. The normalized spacial score (nSPS) is 20.8. The van der Waals surface area contributed by atoms with Gasteiger partial charge in [0.2, 0.25) is 5.91 Å². The highest BCUT2D eigenvalue weighted by atomic mass is 16.2. The van der Waals surface area contributed by atoms with Gasteiger partial charge in [-0.05, 0) is 40.3 Å². The molecule has 1 aromatic carbocycles. The summed E-state index contributed by atoms with van der Waals surface area (Å²) in [5.41, 5.74) is -0.693. The third kappa shape index (κ3) is 4.36. The van der Waals surface area contributed by atoms with Gasteiger partial charge in [-0.25, -0.2) is 9.69 Å². The third-order valence-corrected chi connectivity index (χ3v) is 3.94. The number of urea groups is 1. The van der Waals surface area contributed by atoms with Gasteiger partial charge in [0.15, 0.2) is 0 Å². The van der Waals surface area contributed by atoms with Crippen LogP contribution < -0.4 is 10.6 Å². The van der Waals surface area contributed by atoms with Crippen molar-refractivity contribution in [3.8, 4) is 0 Å². The molecule has 1 aliphatic heterocycles. The zero-order valence-electron chi connectivity index (χ0n) is 15.4. The Morgan fingerprint density at radius 2 is 1.84 bits per heavy atom. The van der Waals surface area contributed by atoms with Gasteiger partial charge in [0.05, 0.1) is 13.2 Å². The minimum absolute atomic E-state index is 0.0463. The summed E-state index contributed by atoms with van der Waals surface area (Å²) in [7, 11) is 1.70. The van der Waals surface area contributed by atoms with Crippen LogP contribution in [0.3, 0.4) is 0 Å². The predicted molar refractivity (Wildman–Crippen MR) is 94.6 cm³/mol. The maximum Gasteiger partial charge on any atom is 0.326 e. The molecule has 0 aliphatic carbocycles. The molecule has 7 heteroatoms. The topological polar surface area (TPSA) is 81.8 Å². The van der Waals surface area contributed by atoms with E-state index in [9.17, 15) is 14.4 Å². The lowest BCUT2D eigenvalue weighted by atomic mass is 9.92. The molecule has 7 nitrogen and oxygen atoms in total. The Morgan fingerprint density at radius 1 is 1.24 bits per heavy atom. The number of nitrogens with zero attached hydrogens (tertiary/aromatic N) is 2. The van der Waals surface area contributed by atoms with E-state index in [0.29, 0.717) is 0 Å². The maximum absolute atomic E-state index is 12.8. The van der Waals surface area contributed by atoms with Gasteiger partial charge in [-0.2, -0.15) is 0 Å². The number of likely N-dealkylation sites (N-methyl/N-ethyl adjacent to an activating group) is 1. The van der Waals surface area contributed by atoms with Crippen LogP contribution in [0.5, 0.6) is 0 Å². The van der Waals surface area contributed by atoms with Gasteiger partial charge in [0, 0.05) is 5.54 Å². The van der Waals surface area contributed by atoms with Gasteiger partial charge in [0.25, 0.3) is 5.91 Å². The van der Waals surface area contributed by atoms with Crippen molar-refractivity contribution < 1.29 is 14.4 Å². The van der Waals surface area contributed by atoms with E-state index in [2.05, 4.69) is 10.6 Å². The zero-order valence-corrected chi connectivity index (χ0v) is 15.4. The first kappa shape index (κ1) is 18.9. The van der Waals surface area contributed by atoms with E-state index in [4.69, 9.17) is 0 Å². The fraction of sp³-hybridized carbons (Fsp3) is 0.500. The molecule has 2 N–H and O–H groups in total. The van der Waals surface area contributed by atoms with Crippen LogP contribution in [-0.4, -0.2) is 53.4 Å². The fourth-order valence-corrected chi connectivity index (χ4v) is 2.79. The zero-order chi connectivity index (χ0) is 18.8. The Bertz CT molecular complexity index is 669. The lowest BCUT2D eigenvalue weighted by Crippen LogP contribution is -2.48. The van der Waals surface area contributed by atoms with E-state index in [0.717, 1.165) is 10.5 Å². The molecular weight excluding hydrogens is 320 g/mol. The number of carbonyl (C=O) groups excluding carboxylic acids is 3. The molecule has 0 unspecified atom stereocenters. The molecule has 1 saturated heterocycles. The number of rotatable bonds is 5. The monoisotopic (exact) mass is 346 g/mol. The molecule has 1 aromatic rings. The first-order valence-electron chi connectivity index (χ1n) is 8.22. The second-order valence-electron chi connectivity index (χ2n) is 7.61. The van der Waals surface area contributed by atoms with E-state index < -0.39 is 11.6 Å². The fourth-order valence-electron chi connectivity index (χ4n) is 2.79. The van der Waals surface area contributed by atoms with Crippen molar-refractivity contribution in [3.05, 3.63) is 35.9 Å². The summed E-state index contributed by atoms with van der Waals surface area (Å²) < 4.78 is 0. The molecule has 2 rings (SSSR count). The van der Waals surface area contributed by atoms with Gasteiger partial charge in [-0.1, -0.05) is 30.3 Å². The standard InChI is InChI=1S/C18H26N4O3/c1-17(2,3)19-14(23)11-21(5)12-22-15(24)18(4,20-16(22)25)13-9-7-6-8-10-13/h6-10H,11-12H2,1-5H3,(H,19,23)(H,20,25)/t18-/m1/s1. The molecule has 0 spiro atoms. The predicted octanol–water partition coefficient (Wildman–Crippen LogP) is 1.26. The van der Waals surface area contributed by atoms with E-state index in [1.807, 2.05) is 51.1 Å². The maximum atomic E-state index is 12.8. The largest absolute Gasteiger partial charge is 0.350 e. The highest BCUT2D eigenvalue weighted by molar-refractivity contribution is 6.07. The SMILES string of the molecule is CN(CC(=O)NC(C)(C)C)CN1C(=O)N[C@](C)(c2ccccc2)C1=O. The first-order valence-corrected chi connectivity index (χ1v) is 8.22. The number of nitrogens with one attached hydrogen (secondary N) is 2. The molecule has 0 aromatic heterocycles. The van der Waals surface area contributed by atoms with E-state index in [-0.39, 0.29) is 30.6 Å². The van der Waals surface area contributed by atoms with Crippen LogP contribution in [0.2, 0.25) is 0 Å². The molecule has 4 amide bonds. The molecule has 1 fully saturated rings. The van der Waals surface area contributed by atoms with E-state index in [1.165, 1.54) is 0 Å². The van der Waals surface area contributed by atoms with Crippen LogP contribution in [0, 0.1) is 0 Å². The highest BCUT2D eigenvalue weighted by Gasteiger charge is 2.49. The molecule has 136 valence electrons. The second-order valence-corrected chi connectivity index (χ2v) is 7.61. The van der Waals surface area contributed by atoms with Crippen LogP contribution in [-0.2, 0) is 15.1 Å². The average molecular weight is 346 g/mol. The van der Waals surface area contributed by atoms with Crippen LogP contribution in [0.15, 0.2) is 30.3 Å². The third-order valence-electron chi connectivity index (χ3n) is 3.94. The van der Waals surface area contributed by atoms with Crippen LogP contribution in [0.25, 0.3) is 0 Å². The van der Waals surface area contributed by atoms with E-state index >= 15 is 0 Å². The number of benzene rings is 1. The smallest absolute Gasteiger partial charge is 0.326 e. The summed E-state index contributed by atoms with van der Waals surface area (Å²) in [6, 6.07) is 8.66. The van der Waals surface area contributed by atoms with Gasteiger partial charge in [0.1, 0.15) is 5.54 Å². The second kappa shape index (κ2) is 6.84. The minimum Gasteiger partial charge on any atom is -0.350 e. The summed E-state index contributed by atoms with van der Waals surface area (Å²) in [5.74, 6) is -0.486. The van der Waals surface area contributed by atoms with Gasteiger partial charge >= 0.3 is 6.03 Å². The lowest BCUT2D eigenvalue weighted by Gasteiger charge is -2.26. The van der Waals surface area contributed by atoms with Crippen molar-refractivity contribution >= 4 is 17.8 Å². The Hall–Kier alpha value is -2.41. The van der Waals surface area contributed by atoms with Crippen LogP contribution in [0.1, 0.15) is 33.3 Å². The summed E-state index contributed by atoms with van der Waals surface area (Å²) >= 11 is 0. The molecule has 0 bridgehead atoms. The van der Waals surface area contributed by atoms with Gasteiger partial charge in [-0.3, -0.25) is 14.5 Å².